The largest absolute Gasteiger partial charge is 0.378 e. The molecule has 2 aliphatic rings. The second kappa shape index (κ2) is 4.92. The first-order chi connectivity index (χ1) is 7.27. The molecular formula is C10H19N3O2. The zero-order valence-electron chi connectivity index (χ0n) is 9.16. The summed E-state index contributed by atoms with van der Waals surface area (Å²) >= 11 is 0. The number of morpholine rings is 1. The van der Waals surface area contributed by atoms with Gasteiger partial charge in [0.1, 0.15) is 6.04 Å². The lowest BCUT2D eigenvalue weighted by atomic mass is 10.2. The summed E-state index contributed by atoms with van der Waals surface area (Å²) in [6.45, 7) is 6.60. The van der Waals surface area contributed by atoms with Crippen LogP contribution in [0.4, 0.5) is 0 Å². The molecule has 1 amide bonds. The fourth-order valence-electron chi connectivity index (χ4n) is 2.08. The van der Waals surface area contributed by atoms with Gasteiger partial charge in [0, 0.05) is 32.2 Å². The van der Waals surface area contributed by atoms with Gasteiger partial charge in [0.15, 0.2) is 0 Å². The zero-order valence-corrected chi connectivity index (χ0v) is 9.16. The van der Waals surface area contributed by atoms with Gasteiger partial charge in [-0.15, -0.1) is 0 Å². The van der Waals surface area contributed by atoms with Crippen molar-refractivity contribution in [2.24, 2.45) is 0 Å². The van der Waals surface area contributed by atoms with Gasteiger partial charge in [0.05, 0.1) is 13.2 Å². The highest BCUT2D eigenvalue weighted by Gasteiger charge is 2.28. The molecule has 2 saturated heterocycles. The van der Waals surface area contributed by atoms with Crippen LogP contribution in [-0.4, -0.2) is 62.3 Å². The number of nitrogens with zero attached hydrogens (tertiary/aromatic N) is 1. The van der Waals surface area contributed by atoms with Crippen molar-refractivity contribution < 1.29 is 9.53 Å². The Bertz CT molecular complexity index is 229. The van der Waals surface area contributed by atoms with E-state index in [1.54, 1.807) is 0 Å². The Morgan fingerprint density at radius 2 is 2.27 bits per heavy atom. The molecule has 0 bridgehead atoms. The molecule has 0 aliphatic carbocycles. The van der Waals surface area contributed by atoms with Crippen molar-refractivity contribution in [2.45, 2.75) is 19.0 Å². The molecule has 2 fully saturated rings. The number of carbonyl (C=O) groups is 1. The Hall–Kier alpha value is -0.650. The van der Waals surface area contributed by atoms with Gasteiger partial charge < -0.3 is 20.3 Å². The number of piperazine rings is 1. The molecule has 5 nitrogen and oxygen atoms in total. The van der Waals surface area contributed by atoms with Gasteiger partial charge in [0.25, 0.3) is 0 Å². The van der Waals surface area contributed by atoms with Crippen molar-refractivity contribution >= 4 is 5.91 Å². The molecule has 0 spiro atoms. The molecule has 5 heteroatoms. The lowest BCUT2D eigenvalue weighted by Crippen LogP contribution is -2.58. The first-order valence-electron chi connectivity index (χ1n) is 5.60. The number of ether oxygens (including phenoxy) is 1. The molecule has 86 valence electrons. The SMILES string of the molecule is CC1CN(C(=O)C2COCCN2)CCN1. The van der Waals surface area contributed by atoms with Crippen LogP contribution in [0, 0.1) is 0 Å². The van der Waals surface area contributed by atoms with Gasteiger partial charge in [-0.2, -0.15) is 0 Å². The van der Waals surface area contributed by atoms with Crippen molar-refractivity contribution in [3.05, 3.63) is 0 Å². The molecule has 2 heterocycles. The molecule has 2 N–H and O–H groups in total. The first kappa shape index (κ1) is 10.9. The van der Waals surface area contributed by atoms with Crippen LogP contribution in [0.15, 0.2) is 0 Å². The van der Waals surface area contributed by atoms with E-state index in [-0.39, 0.29) is 11.9 Å². The Kier molecular flexibility index (Phi) is 3.56. The molecule has 2 rings (SSSR count). The lowest BCUT2D eigenvalue weighted by molar-refractivity contribution is -0.137. The molecule has 2 unspecified atom stereocenters. The van der Waals surface area contributed by atoms with Crippen LogP contribution in [-0.2, 0) is 9.53 Å². The zero-order chi connectivity index (χ0) is 10.7. The molecule has 15 heavy (non-hydrogen) atoms. The maximum atomic E-state index is 12.1. The van der Waals surface area contributed by atoms with Crippen molar-refractivity contribution in [2.75, 3.05) is 39.4 Å². The van der Waals surface area contributed by atoms with E-state index >= 15 is 0 Å². The summed E-state index contributed by atoms with van der Waals surface area (Å²) in [7, 11) is 0. The highest BCUT2D eigenvalue weighted by Crippen LogP contribution is 2.04. The average molecular weight is 213 g/mol. The Morgan fingerprint density at radius 3 is 2.93 bits per heavy atom. The van der Waals surface area contributed by atoms with Crippen LogP contribution in [0.5, 0.6) is 0 Å². The molecule has 2 aliphatic heterocycles. The standard InChI is InChI=1S/C10H19N3O2/c1-8-6-13(4-2-11-8)10(14)9-7-15-5-3-12-9/h8-9,11-12H,2-7H2,1H3. The maximum absolute atomic E-state index is 12.1. The van der Waals surface area contributed by atoms with Gasteiger partial charge in [0.2, 0.25) is 5.91 Å². The van der Waals surface area contributed by atoms with Gasteiger partial charge in [-0.1, -0.05) is 0 Å². The third-order valence-corrected chi connectivity index (χ3v) is 2.90. The molecule has 0 aromatic heterocycles. The number of amides is 1. The second-order valence-electron chi connectivity index (χ2n) is 4.22. The third kappa shape index (κ3) is 2.68. The normalized spacial score (nSPS) is 32.7. The van der Waals surface area contributed by atoms with Crippen molar-refractivity contribution in [3.8, 4) is 0 Å². The van der Waals surface area contributed by atoms with Crippen molar-refractivity contribution in [3.63, 3.8) is 0 Å². The minimum absolute atomic E-state index is 0.135. The van der Waals surface area contributed by atoms with Gasteiger partial charge in [-0.05, 0) is 6.92 Å². The van der Waals surface area contributed by atoms with Gasteiger partial charge >= 0.3 is 0 Å². The molecule has 2 atom stereocenters. The quantitative estimate of drug-likeness (QED) is 0.574. The summed E-state index contributed by atoms with van der Waals surface area (Å²) in [5.74, 6) is 0.183. The Balaban J connectivity index is 1.88. The van der Waals surface area contributed by atoms with E-state index in [0.29, 0.717) is 19.3 Å². The summed E-state index contributed by atoms with van der Waals surface area (Å²) in [5.41, 5.74) is 0. The second-order valence-corrected chi connectivity index (χ2v) is 4.22. The molecule has 0 saturated carbocycles. The van der Waals surface area contributed by atoms with Crippen molar-refractivity contribution in [1.82, 2.24) is 15.5 Å². The first-order valence-corrected chi connectivity index (χ1v) is 5.60. The summed E-state index contributed by atoms with van der Waals surface area (Å²) in [6.07, 6.45) is 0. The van der Waals surface area contributed by atoms with Crippen LogP contribution >= 0.6 is 0 Å². The summed E-state index contributed by atoms with van der Waals surface area (Å²) < 4.78 is 5.30. The number of nitrogens with one attached hydrogen (secondary N) is 2. The predicted octanol–water partition coefficient (Wildman–Crippen LogP) is -1.20. The van der Waals surface area contributed by atoms with Gasteiger partial charge in [-0.3, -0.25) is 4.79 Å². The smallest absolute Gasteiger partial charge is 0.242 e. The van der Waals surface area contributed by atoms with E-state index in [4.69, 9.17) is 4.74 Å². The fraction of sp³-hybridized carbons (Fsp3) is 0.900. The van der Waals surface area contributed by atoms with E-state index in [2.05, 4.69) is 17.6 Å². The highest BCUT2D eigenvalue weighted by atomic mass is 16.5. The predicted molar refractivity (Wildman–Crippen MR) is 56.7 cm³/mol. The van der Waals surface area contributed by atoms with Crippen LogP contribution < -0.4 is 10.6 Å². The minimum Gasteiger partial charge on any atom is -0.378 e. The highest BCUT2D eigenvalue weighted by molar-refractivity contribution is 5.82. The molecule has 0 radical (unpaired) electrons. The van der Waals surface area contributed by atoms with Crippen LogP contribution in [0.25, 0.3) is 0 Å². The Labute approximate surface area is 90.1 Å². The molecular weight excluding hydrogens is 194 g/mol. The van der Waals surface area contributed by atoms with E-state index in [1.165, 1.54) is 0 Å². The number of hydrogen-bond donors (Lipinski definition) is 2. The minimum atomic E-state index is -0.135. The van der Waals surface area contributed by atoms with Crippen molar-refractivity contribution in [1.29, 1.82) is 0 Å². The summed E-state index contributed by atoms with van der Waals surface area (Å²) in [4.78, 5) is 14.0. The molecule has 0 aromatic carbocycles. The van der Waals surface area contributed by atoms with Crippen LogP contribution in [0.3, 0.4) is 0 Å². The van der Waals surface area contributed by atoms with E-state index in [1.807, 2.05) is 4.90 Å². The van der Waals surface area contributed by atoms with E-state index < -0.39 is 0 Å². The lowest BCUT2D eigenvalue weighted by Gasteiger charge is -2.35. The van der Waals surface area contributed by atoms with E-state index in [0.717, 1.165) is 26.2 Å². The topological polar surface area (TPSA) is 53.6 Å². The van der Waals surface area contributed by atoms with Crippen LogP contribution in [0.2, 0.25) is 0 Å². The molecule has 0 aromatic rings. The average Bonchev–Trinajstić information content (AvgIpc) is 2.29. The third-order valence-electron chi connectivity index (χ3n) is 2.90. The van der Waals surface area contributed by atoms with Crippen LogP contribution in [0.1, 0.15) is 6.92 Å². The summed E-state index contributed by atoms with van der Waals surface area (Å²) in [6, 6.07) is 0.260. The number of rotatable bonds is 1. The number of hydrogen-bond acceptors (Lipinski definition) is 4. The van der Waals surface area contributed by atoms with Gasteiger partial charge in [-0.25, -0.2) is 0 Å². The fourth-order valence-corrected chi connectivity index (χ4v) is 2.08. The maximum Gasteiger partial charge on any atom is 0.242 e. The monoisotopic (exact) mass is 213 g/mol. The Morgan fingerprint density at radius 1 is 1.40 bits per heavy atom. The summed E-state index contributed by atoms with van der Waals surface area (Å²) in [5, 5.41) is 6.52. The number of carbonyl (C=O) groups excluding carboxylic acids is 1. The van der Waals surface area contributed by atoms with E-state index in [9.17, 15) is 4.79 Å².